The summed E-state index contributed by atoms with van der Waals surface area (Å²) in [6.45, 7) is 0. The topological polar surface area (TPSA) is 53.2 Å². The second-order valence-corrected chi connectivity index (χ2v) is 2.00. The Hall–Kier alpha value is -1.43. The molecule has 0 aromatic rings. The van der Waals surface area contributed by atoms with Gasteiger partial charge in [-0.1, -0.05) is 0 Å². The fourth-order valence-electron chi connectivity index (χ4n) is 0.727. The Balaban J connectivity index is 2.76. The molecule has 10 heavy (non-hydrogen) atoms. The van der Waals surface area contributed by atoms with Crippen molar-refractivity contribution in [3.8, 4) is 6.07 Å². The van der Waals surface area contributed by atoms with Crippen LogP contribution in [0.3, 0.4) is 0 Å². The number of aliphatic imine (C=N–C) groups is 1. The van der Waals surface area contributed by atoms with Gasteiger partial charge >= 0.3 is 0 Å². The van der Waals surface area contributed by atoms with Gasteiger partial charge in [0.2, 0.25) is 0 Å². The summed E-state index contributed by atoms with van der Waals surface area (Å²) in [6.07, 6.45) is 3.43. The Morgan fingerprint density at radius 3 is 2.90 bits per heavy atom. The first kappa shape index (κ1) is 6.69. The van der Waals surface area contributed by atoms with E-state index >= 15 is 0 Å². The number of nitriles is 1. The minimum absolute atomic E-state index is 0.527. The van der Waals surface area contributed by atoms with Crippen molar-refractivity contribution in [2.24, 2.45) is 4.99 Å². The zero-order valence-corrected chi connectivity index (χ0v) is 5.37. The summed E-state index contributed by atoms with van der Waals surface area (Å²) in [7, 11) is 0. The Kier molecular flexibility index (Phi) is 1.96. The highest BCUT2D eigenvalue weighted by Gasteiger charge is 2.04. The molecule has 0 radical (unpaired) electrons. The van der Waals surface area contributed by atoms with Crippen molar-refractivity contribution in [2.75, 3.05) is 0 Å². The molecule has 0 atom stereocenters. The second-order valence-electron chi connectivity index (χ2n) is 2.00. The third-order valence-corrected chi connectivity index (χ3v) is 1.32. The van der Waals surface area contributed by atoms with Crippen LogP contribution in [0.2, 0.25) is 0 Å². The highest BCUT2D eigenvalue weighted by atomic mass is 16.1. The maximum Gasteiger partial charge on any atom is 0.164 e. The summed E-state index contributed by atoms with van der Waals surface area (Å²) in [5, 5.41) is 8.37. The number of aldehydes is 1. The number of allylic oxidation sites excluding steroid dienone is 1. The molecule has 0 unspecified atom stereocenters. The lowest BCUT2D eigenvalue weighted by molar-refractivity contribution is -0.102. The number of hydrogen-bond donors (Lipinski definition) is 0. The van der Waals surface area contributed by atoms with Gasteiger partial charge in [0, 0.05) is 11.8 Å². The van der Waals surface area contributed by atoms with Crippen LogP contribution >= 0.6 is 0 Å². The summed E-state index contributed by atoms with van der Waals surface area (Å²) in [6, 6.07) is 1.99. The molecular weight excluding hydrogens is 128 g/mol. The fraction of sp³-hybridized carbons (Fsp3) is 0.286. The predicted octanol–water partition coefficient (Wildman–Crippen LogP) is 0.828. The maximum atomic E-state index is 10.1. The van der Waals surface area contributed by atoms with Gasteiger partial charge in [-0.15, -0.1) is 0 Å². The molecule has 0 N–H and O–H groups in total. The molecule has 1 heterocycles. The lowest BCUT2D eigenvalue weighted by atomic mass is 10.1. The van der Waals surface area contributed by atoms with Crippen molar-refractivity contribution in [2.45, 2.75) is 12.8 Å². The van der Waals surface area contributed by atoms with E-state index in [-0.39, 0.29) is 0 Å². The molecule has 0 aromatic carbocycles. The molecule has 0 spiro atoms. The van der Waals surface area contributed by atoms with E-state index in [1.807, 2.05) is 6.07 Å². The molecule has 0 amide bonds. The van der Waals surface area contributed by atoms with Crippen molar-refractivity contribution in [1.29, 1.82) is 5.26 Å². The van der Waals surface area contributed by atoms with Crippen LogP contribution in [0, 0.1) is 11.3 Å². The average Bonchev–Trinajstić information content (AvgIpc) is 2.05. The van der Waals surface area contributed by atoms with E-state index in [2.05, 4.69) is 4.99 Å². The summed E-state index contributed by atoms with van der Waals surface area (Å²) < 4.78 is 0. The lowest BCUT2D eigenvalue weighted by Crippen LogP contribution is -2.03. The average molecular weight is 134 g/mol. The molecule has 0 saturated heterocycles. The number of carbonyl (C=O) groups excluding carboxylic acids is 1. The van der Waals surface area contributed by atoms with E-state index in [1.54, 1.807) is 0 Å². The Bertz CT molecular complexity index is 245. The van der Waals surface area contributed by atoms with Crippen molar-refractivity contribution < 1.29 is 4.79 Å². The van der Waals surface area contributed by atoms with Crippen LogP contribution in [-0.2, 0) is 4.79 Å². The standard InChI is InChI=1S/C7H6N2O/c8-3-6-1-2-7(5-10)9-4-6/h4-5H,1-2H2. The second kappa shape index (κ2) is 2.92. The molecule has 0 bridgehead atoms. The molecule has 3 nitrogen and oxygen atoms in total. The van der Waals surface area contributed by atoms with E-state index in [9.17, 15) is 4.79 Å². The Morgan fingerprint density at radius 1 is 1.70 bits per heavy atom. The van der Waals surface area contributed by atoms with E-state index in [0.29, 0.717) is 24.1 Å². The largest absolute Gasteiger partial charge is 0.297 e. The van der Waals surface area contributed by atoms with Gasteiger partial charge in [0.25, 0.3) is 0 Å². The molecule has 0 saturated carbocycles. The molecule has 1 rings (SSSR count). The van der Waals surface area contributed by atoms with E-state index < -0.39 is 0 Å². The van der Waals surface area contributed by atoms with E-state index in [0.717, 1.165) is 6.29 Å². The number of hydrogen-bond acceptors (Lipinski definition) is 3. The summed E-state index contributed by atoms with van der Waals surface area (Å²) in [5.74, 6) is 0. The SMILES string of the molecule is N#CC1=CN=C(C=O)CC1. The zero-order valence-electron chi connectivity index (χ0n) is 5.37. The van der Waals surface area contributed by atoms with Crippen LogP contribution in [0.15, 0.2) is 16.8 Å². The normalized spacial score (nSPS) is 16.7. The van der Waals surface area contributed by atoms with Gasteiger partial charge in [0.05, 0.1) is 11.8 Å². The molecule has 0 aromatic heterocycles. The monoisotopic (exact) mass is 134 g/mol. The highest BCUT2D eigenvalue weighted by Crippen LogP contribution is 2.09. The first-order valence-electron chi connectivity index (χ1n) is 2.98. The molecular formula is C7H6N2O. The first-order valence-corrected chi connectivity index (χ1v) is 2.98. The lowest BCUT2D eigenvalue weighted by Gasteiger charge is -2.01. The number of carbonyl (C=O) groups is 1. The smallest absolute Gasteiger partial charge is 0.164 e. The van der Waals surface area contributed by atoms with Crippen LogP contribution in [-0.4, -0.2) is 12.0 Å². The Morgan fingerprint density at radius 2 is 2.50 bits per heavy atom. The third kappa shape index (κ3) is 1.29. The highest BCUT2D eigenvalue weighted by molar-refractivity contribution is 6.28. The zero-order chi connectivity index (χ0) is 7.40. The summed E-state index contributed by atoms with van der Waals surface area (Å²) >= 11 is 0. The van der Waals surface area contributed by atoms with Gasteiger partial charge < -0.3 is 0 Å². The number of nitrogens with zero attached hydrogens (tertiary/aromatic N) is 2. The van der Waals surface area contributed by atoms with Crippen LogP contribution in [0.4, 0.5) is 0 Å². The van der Waals surface area contributed by atoms with Gasteiger partial charge in [-0.25, -0.2) is 0 Å². The minimum Gasteiger partial charge on any atom is -0.297 e. The molecule has 1 aliphatic rings. The third-order valence-electron chi connectivity index (χ3n) is 1.32. The van der Waals surface area contributed by atoms with Crippen molar-refractivity contribution >= 4 is 12.0 Å². The quantitative estimate of drug-likeness (QED) is 0.498. The van der Waals surface area contributed by atoms with Gasteiger partial charge in [-0.05, 0) is 12.8 Å². The Labute approximate surface area is 58.7 Å². The van der Waals surface area contributed by atoms with Crippen molar-refractivity contribution in [3.05, 3.63) is 11.8 Å². The first-order chi connectivity index (χ1) is 4.86. The minimum atomic E-state index is 0.527. The van der Waals surface area contributed by atoms with Gasteiger partial charge in [-0.3, -0.25) is 9.79 Å². The van der Waals surface area contributed by atoms with Crippen LogP contribution in [0.5, 0.6) is 0 Å². The molecule has 0 aliphatic carbocycles. The molecule has 50 valence electrons. The van der Waals surface area contributed by atoms with Crippen molar-refractivity contribution in [3.63, 3.8) is 0 Å². The van der Waals surface area contributed by atoms with Crippen molar-refractivity contribution in [1.82, 2.24) is 0 Å². The molecule has 1 aliphatic heterocycles. The summed E-state index contributed by atoms with van der Waals surface area (Å²) in [4.78, 5) is 13.9. The van der Waals surface area contributed by atoms with Crippen LogP contribution < -0.4 is 0 Å². The molecule has 0 fully saturated rings. The van der Waals surface area contributed by atoms with Crippen LogP contribution in [0.1, 0.15) is 12.8 Å². The molecule has 3 heteroatoms. The predicted molar refractivity (Wildman–Crippen MR) is 36.4 cm³/mol. The van der Waals surface area contributed by atoms with Gasteiger partial charge in [0.15, 0.2) is 6.29 Å². The van der Waals surface area contributed by atoms with E-state index in [1.165, 1.54) is 6.20 Å². The fourth-order valence-corrected chi connectivity index (χ4v) is 0.727. The van der Waals surface area contributed by atoms with Gasteiger partial charge in [-0.2, -0.15) is 5.26 Å². The van der Waals surface area contributed by atoms with Gasteiger partial charge in [0.1, 0.15) is 0 Å². The number of rotatable bonds is 1. The van der Waals surface area contributed by atoms with Crippen LogP contribution in [0.25, 0.3) is 0 Å². The maximum absolute atomic E-state index is 10.1. The summed E-state index contributed by atoms with van der Waals surface area (Å²) in [5.41, 5.74) is 1.17. The van der Waals surface area contributed by atoms with E-state index in [4.69, 9.17) is 5.26 Å².